The lowest BCUT2D eigenvalue weighted by molar-refractivity contribution is -0.137. The third kappa shape index (κ3) is 2.97. The Morgan fingerprint density at radius 1 is 0.927 bits per heavy atom. The van der Waals surface area contributed by atoms with Crippen LogP contribution in [-0.4, -0.2) is 56.4 Å². The van der Waals surface area contributed by atoms with Crippen molar-refractivity contribution in [3.63, 3.8) is 0 Å². The van der Waals surface area contributed by atoms with Gasteiger partial charge in [0.15, 0.2) is 17.3 Å². The van der Waals surface area contributed by atoms with Crippen LogP contribution in [0.2, 0.25) is 5.02 Å². The van der Waals surface area contributed by atoms with E-state index in [0.29, 0.717) is 63.3 Å². The summed E-state index contributed by atoms with van der Waals surface area (Å²) in [6, 6.07) is 15.5. The molecule has 0 radical (unpaired) electrons. The van der Waals surface area contributed by atoms with E-state index < -0.39 is 22.9 Å². The van der Waals surface area contributed by atoms with Crippen LogP contribution in [0.1, 0.15) is 34.3 Å². The highest BCUT2D eigenvalue weighted by Gasteiger charge is 2.81. The molecule has 0 unspecified atom stereocenters. The predicted molar refractivity (Wildman–Crippen MR) is 152 cm³/mol. The lowest BCUT2D eigenvalue weighted by atomic mass is 9.57. The maximum absolute atomic E-state index is 15.0. The van der Waals surface area contributed by atoms with Gasteiger partial charge in [0.2, 0.25) is 11.7 Å². The zero-order chi connectivity index (χ0) is 28.7. The van der Waals surface area contributed by atoms with Crippen LogP contribution in [0.25, 0.3) is 0 Å². The molecule has 2 saturated heterocycles. The minimum absolute atomic E-state index is 0.284. The van der Waals surface area contributed by atoms with Gasteiger partial charge < -0.3 is 24.8 Å². The van der Waals surface area contributed by atoms with Crippen LogP contribution in [0, 0.1) is 5.92 Å². The molecule has 4 aliphatic rings. The molecule has 0 bridgehead atoms. The second-order valence-corrected chi connectivity index (χ2v) is 11.2. The predicted octanol–water partition coefficient (Wildman–Crippen LogP) is 4.38. The summed E-state index contributed by atoms with van der Waals surface area (Å²) >= 11 is 6.62. The first kappa shape index (κ1) is 25.9. The largest absolute Gasteiger partial charge is 0.493 e. The van der Waals surface area contributed by atoms with Crippen molar-refractivity contribution in [2.75, 3.05) is 38.5 Å². The Kier molecular flexibility index (Phi) is 5.65. The first-order valence-electron chi connectivity index (χ1n) is 13.5. The molecular formula is C31H28ClN3O6. The van der Waals surface area contributed by atoms with E-state index in [1.165, 1.54) is 21.3 Å². The van der Waals surface area contributed by atoms with Crippen molar-refractivity contribution in [3.05, 3.63) is 76.3 Å². The van der Waals surface area contributed by atoms with Crippen LogP contribution in [0.5, 0.6) is 17.2 Å². The minimum atomic E-state index is -1.58. The number of halogens is 1. The molecule has 0 aromatic heterocycles. The fourth-order valence-electron chi connectivity index (χ4n) is 7.97. The summed E-state index contributed by atoms with van der Waals surface area (Å²) in [6.07, 6.45) is 1.41. The van der Waals surface area contributed by atoms with Crippen molar-refractivity contribution in [1.82, 2.24) is 4.90 Å². The molecular weight excluding hydrogens is 546 g/mol. The van der Waals surface area contributed by atoms with Gasteiger partial charge in [-0.2, -0.15) is 0 Å². The number of carbonyl (C=O) groups excluding carboxylic acids is 3. The van der Waals surface area contributed by atoms with Gasteiger partial charge in [-0.15, -0.1) is 0 Å². The van der Waals surface area contributed by atoms with Crippen molar-refractivity contribution < 1.29 is 28.6 Å². The molecule has 10 heteroatoms. The van der Waals surface area contributed by atoms with E-state index in [0.717, 1.165) is 6.42 Å². The molecule has 2 amide bonds. The van der Waals surface area contributed by atoms with Crippen molar-refractivity contribution in [1.29, 1.82) is 0 Å². The fourth-order valence-corrected chi connectivity index (χ4v) is 8.19. The topological polar surface area (TPSA) is 106 Å². The molecule has 0 aliphatic carbocycles. The number of benzene rings is 3. The number of nitrogens with one attached hydrogen (secondary N) is 2. The number of para-hydroxylation sites is 2. The summed E-state index contributed by atoms with van der Waals surface area (Å²) in [7, 11) is 4.47. The van der Waals surface area contributed by atoms with Crippen LogP contribution >= 0.6 is 11.6 Å². The summed E-state index contributed by atoms with van der Waals surface area (Å²) < 4.78 is 16.6. The van der Waals surface area contributed by atoms with E-state index in [-0.39, 0.29) is 17.6 Å². The molecule has 210 valence electrons. The van der Waals surface area contributed by atoms with Gasteiger partial charge in [0, 0.05) is 22.9 Å². The molecule has 2 N–H and O–H groups in total. The average molecular weight is 574 g/mol. The van der Waals surface area contributed by atoms with Crippen molar-refractivity contribution in [3.8, 4) is 17.2 Å². The number of ketones is 1. The first-order valence-corrected chi connectivity index (χ1v) is 13.9. The zero-order valence-corrected chi connectivity index (χ0v) is 23.5. The molecule has 2 spiro atoms. The molecule has 9 nitrogen and oxygen atoms in total. The SMILES string of the molecule is COc1cc(C(=O)[C@H]2[C@@H]3CCCN3[C@@]3(C(=O)Nc4c(Cl)cccc43)[C@]23C(=O)Nc2ccccc23)cc(OC)c1OC. The second-order valence-electron chi connectivity index (χ2n) is 10.8. The maximum Gasteiger partial charge on any atom is 0.251 e. The van der Waals surface area contributed by atoms with Crippen molar-refractivity contribution in [2.45, 2.75) is 29.8 Å². The highest BCUT2D eigenvalue weighted by atomic mass is 35.5. The number of ether oxygens (including phenoxy) is 3. The second kappa shape index (κ2) is 8.96. The summed E-state index contributed by atoms with van der Waals surface area (Å²) in [6.45, 7) is 0.542. The number of rotatable bonds is 5. The smallest absolute Gasteiger partial charge is 0.251 e. The highest BCUT2D eigenvalue weighted by molar-refractivity contribution is 6.35. The Labute approximate surface area is 241 Å². The third-order valence-electron chi connectivity index (χ3n) is 9.31. The molecule has 3 aromatic carbocycles. The number of fused-ring (bicyclic) bond motifs is 7. The van der Waals surface area contributed by atoms with Crippen LogP contribution in [0.15, 0.2) is 54.6 Å². The van der Waals surface area contributed by atoms with Crippen LogP contribution < -0.4 is 24.8 Å². The zero-order valence-electron chi connectivity index (χ0n) is 22.7. The number of nitrogens with zero attached hydrogens (tertiary/aromatic N) is 1. The van der Waals surface area contributed by atoms with Gasteiger partial charge in [-0.1, -0.05) is 41.9 Å². The molecule has 4 atom stereocenters. The molecule has 4 aliphatic heterocycles. The van der Waals surface area contributed by atoms with E-state index in [9.17, 15) is 14.4 Å². The number of Topliss-reactive ketones (excluding diaryl/α,β-unsaturated/α-hetero) is 1. The van der Waals surface area contributed by atoms with E-state index in [2.05, 4.69) is 15.5 Å². The van der Waals surface area contributed by atoms with Crippen molar-refractivity contribution in [2.24, 2.45) is 5.92 Å². The Morgan fingerprint density at radius 2 is 1.63 bits per heavy atom. The maximum atomic E-state index is 15.0. The van der Waals surface area contributed by atoms with E-state index in [1.807, 2.05) is 30.3 Å². The molecule has 7 rings (SSSR count). The highest BCUT2D eigenvalue weighted by Crippen LogP contribution is 2.68. The van der Waals surface area contributed by atoms with Crippen LogP contribution in [0.3, 0.4) is 0 Å². The average Bonchev–Trinajstić information content (AvgIpc) is 3.71. The van der Waals surface area contributed by atoms with Crippen LogP contribution in [-0.2, 0) is 20.5 Å². The van der Waals surface area contributed by atoms with Gasteiger partial charge in [0.1, 0.15) is 11.0 Å². The molecule has 41 heavy (non-hydrogen) atoms. The summed E-state index contributed by atoms with van der Waals surface area (Å²) in [5.41, 5.74) is -0.485. The first-order chi connectivity index (χ1) is 19.9. The minimum Gasteiger partial charge on any atom is -0.493 e. The number of anilines is 2. The lowest BCUT2D eigenvalue weighted by Gasteiger charge is -2.43. The summed E-state index contributed by atoms with van der Waals surface area (Å²) in [5.74, 6) is -0.935. The van der Waals surface area contributed by atoms with Crippen LogP contribution in [0.4, 0.5) is 11.4 Å². The Balaban J connectivity index is 1.55. The number of hydrogen-bond acceptors (Lipinski definition) is 7. The van der Waals surface area contributed by atoms with Crippen molar-refractivity contribution >= 4 is 40.6 Å². The molecule has 2 fully saturated rings. The summed E-state index contributed by atoms with van der Waals surface area (Å²) in [4.78, 5) is 46.1. The van der Waals surface area contributed by atoms with Gasteiger partial charge in [-0.25, -0.2) is 0 Å². The lowest BCUT2D eigenvalue weighted by Crippen LogP contribution is -2.62. The van der Waals surface area contributed by atoms with Gasteiger partial charge in [0.25, 0.3) is 5.91 Å². The number of amides is 2. The fraction of sp³-hybridized carbons (Fsp3) is 0.323. The van der Waals surface area contributed by atoms with Gasteiger partial charge in [-0.05, 0) is 49.2 Å². The van der Waals surface area contributed by atoms with E-state index >= 15 is 0 Å². The normalized spacial score (nSPS) is 27.4. The van der Waals surface area contributed by atoms with Gasteiger partial charge in [-0.3, -0.25) is 19.3 Å². The number of hydrogen-bond donors (Lipinski definition) is 2. The number of methoxy groups -OCH3 is 3. The quantitative estimate of drug-likeness (QED) is 0.436. The molecule has 4 heterocycles. The molecule has 3 aromatic rings. The third-order valence-corrected chi connectivity index (χ3v) is 9.63. The van der Waals surface area contributed by atoms with E-state index in [4.69, 9.17) is 25.8 Å². The Morgan fingerprint density at radius 3 is 2.34 bits per heavy atom. The van der Waals surface area contributed by atoms with Gasteiger partial charge >= 0.3 is 0 Å². The number of carbonyl (C=O) groups is 3. The molecule has 0 saturated carbocycles. The Bertz CT molecular complexity index is 1630. The monoisotopic (exact) mass is 573 g/mol. The van der Waals surface area contributed by atoms with E-state index in [1.54, 1.807) is 24.3 Å². The Hall–Kier alpha value is -4.08. The van der Waals surface area contributed by atoms with Gasteiger partial charge in [0.05, 0.1) is 38.0 Å². The summed E-state index contributed by atoms with van der Waals surface area (Å²) in [5, 5.41) is 6.42. The standard InChI is InChI=1S/C31H28ClN3O6/c1-39-22-14-16(15-23(40-2)27(22)41-3)26(36)24-21-12-7-13-35(21)31(18-9-6-10-19(32)25(18)34-29(31)38)30(24)17-8-4-5-11-20(17)33-28(30)37/h4-6,8-11,14-15,21,24H,7,12-13H2,1-3H3,(H,33,37)(H,34,38)/t21-,24+,30-,31-/m0/s1.